The molecule has 0 aromatic heterocycles. The molecule has 0 amide bonds. The molecule has 0 unspecified atom stereocenters. The predicted molar refractivity (Wildman–Crippen MR) is 113 cm³/mol. The lowest BCUT2D eigenvalue weighted by atomic mass is 10.1. The van der Waals surface area contributed by atoms with Crippen molar-refractivity contribution in [3.05, 3.63) is 95.6 Å². The molecule has 3 rings (SSSR count). The summed E-state index contributed by atoms with van der Waals surface area (Å²) < 4.78 is 5.85. The summed E-state index contributed by atoms with van der Waals surface area (Å²) in [5.41, 5.74) is 4.54. The van der Waals surface area contributed by atoms with Gasteiger partial charge in [0.25, 0.3) is 0 Å². The maximum absolute atomic E-state index is 7.45. The van der Waals surface area contributed by atoms with Crippen LogP contribution in [0.3, 0.4) is 0 Å². The molecule has 0 saturated carbocycles. The average molecular weight is 358 g/mol. The van der Waals surface area contributed by atoms with Gasteiger partial charge >= 0.3 is 0 Å². The van der Waals surface area contributed by atoms with Crippen LogP contribution in [0.5, 0.6) is 5.75 Å². The maximum Gasteiger partial charge on any atom is 0.119 e. The quantitative estimate of drug-likeness (QED) is 0.379. The molecule has 3 aromatic carbocycles. The van der Waals surface area contributed by atoms with Crippen LogP contribution in [-0.4, -0.2) is 19.4 Å². The first-order valence-corrected chi connectivity index (χ1v) is 9.44. The van der Waals surface area contributed by atoms with Gasteiger partial charge in [-0.3, -0.25) is 0 Å². The first-order chi connectivity index (χ1) is 13.3. The Morgan fingerprint density at radius 1 is 0.778 bits per heavy atom. The Morgan fingerprint density at radius 2 is 1.48 bits per heavy atom. The van der Waals surface area contributed by atoms with E-state index >= 15 is 0 Å². The summed E-state index contributed by atoms with van der Waals surface area (Å²) in [5, 5.41) is 10.8. The van der Waals surface area contributed by atoms with E-state index in [4.69, 9.17) is 10.1 Å². The number of rotatable bonds is 10. The topological polar surface area (TPSA) is 45.1 Å². The van der Waals surface area contributed by atoms with Gasteiger partial charge < -0.3 is 15.5 Å². The predicted octanol–water partition coefficient (Wildman–Crippen LogP) is 5.35. The minimum absolute atomic E-state index is 0.732. The average Bonchev–Trinajstić information content (AvgIpc) is 2.73. The third-order valence-corrected chi connectivity index (χ3v) is 4.49. The summed E-state index contributed by atoms with van der Waals surface area (Å²) in [7, 11) is 0. The summed E-state index contributed by atoms with van der Waals surface area (Å²) in [6.45, 7) is 1.57. The van der Waals surface area contributed by atoms with Crippen molar-refractivity contribution in [1.82, 2.24) is 0 Å². The molecule has 0 aliphatic rings. The Kier molecular flexibility index (Phi) is 7.05. The van der Waals surface area contributed by atoms with Crippen LogP contribution >= 0.6 is 0 Å². The third-order valence-electron chi connectivity index (χ3n) is 4.49. The van der Waals surface area contributed by atoms with Gasteiger partial charge in [0.05, 0.1) is 6.61 Å². The van der Waals surface area contributed by atoms with Gasteiger partial charge in [-0.05, 0) is 48.6 Å². The zero-order chi connectivity index (χ0) is 18.7. The highest BCUT2D eigenvalue weighted by molar-refractivity contribution is 5.85. The molecule has 0 bridgehead atoms. The van der Waals surface area contributed by atoms with Gasteiger partial charge in [-0.15, -0.1) is 0 Å². The zero-order valence-electron chi connectivity index (χ0n) is 15.5. The molecule has 0 atom stereocenters. The number of nitrogens with one attached hydrogen (secondary N) is 2. The lowest BCUT2D eigenvalue weighted by molar-refractivity contribution is 0.311. The van der Waals surface area contributed by atoms with Crippen molar-refractivity contribution in [2.45, 2.75) is 19.3 Å². The normalized spacial score (nSPS) is 10.4. The Balaban J connectivity index is 1.39. The molecule has 0 saturated heterocycles. The first-order valence-electron chi connectivity index (χ1n) is 9.44. The SMILES string of the molecule is N=Cc1ccccc1NCCc1ccc(OCCCc2ccccc2)cc1. The summed E-state index contributed by atoms with van der Waals surface area (Å²) in [6, 6.07) is 26.7. The van der Waals surface area contributed by atoms with Crippen molar-refractivity contribution in [3.8, 4) is 5.75 Å². The van der Waals surface area contributed by atoms with E-state index in [0.717, 1.165) is 49.4 Å². The van der Waals surface area contributed by atoms with Crippen LogP contribution in [0.2, 0.25) is 0 Å². The molecule has 27 heavy (non-hydrogen) atoms. The molecule has 0 aliphatic carbocycles. The van der Waals surface area contributed by atoms with Crippen LogP contribution in [0.4, 0.5) is 5.69 Å². The van der Waals surface area contributed by atoms with Crippen molar-refractivity contribution < 1.29 is 4.74 Å². The molecule has 0 spiro atoms. The molecule has 0 fully saturated rings. The number of ether oxygens (including phenoxy) is 1. The van der Waals surface area contributed by atoms with Crippen LogP contribution in [0.15, 0.2) is 78.9 Å². The van der Waals surface area contributed by atoms with Gasteiger partial charge in [0.1, 0.15) is 5.75 Å². The Labute approximate surface area is 161 Å². The minimum atomic E-state index is 0.732. The number of anilines is 1. The molecule has 0 aliphatic heterocycles. The van der Waals surface area contributed by atoms with Crippen LogP contribution in [-0.2, 0) is 12.8 Å². The number of aryl methyl sites for hydroxylation is 1. The second kappa shape index (κ2) is 10.2. The highest BCUT2D eigenvalue weighted by Gasteiger charge is 2.00. The second-order valence-corrected chi connectivity index (χ2v) is 6.49. The van der Waals surface area contributed by atoms with Crippen molar-refractivity contribution in [3.63, 3.8) is 0 Å². The smallest absolute Gasteiger partial charge is 0.119 e. The molecule has 3 aromatic rings. The number of hydrogen-bond donors (Lipinski definition) is 2. The van der Waals surface area contributed by atoms with Gasteiger partial charge in [-0.2, -0.15) is 0 Å². The van der Waals surface area contributed by atoms with E-state index in [1.54, 1.807) is 0 Å². The van der Waals surface area contributed by atoms with Crippen LogP contribution in [0.25, 0.3) is 0 Å². The van der Waals surface area contributed by atoms with E-state index in [-0.39, 0.29) is 0 Å². The minimum Gasteiger partial charge on any atom is -0.494 e. The van der Waals surface area contributed by atoms with Crippen LogP contribution in [0.1, 0.15) is 23.1 Å². The third kappa shape index (κ3) is 6.00. The summed E-state index contributed by atoms with van der Waals surface area (Å²) in [5.74, 6) is 0.925. The highest BCUT2D eigenvalue weighted by atomic mass is 16.5. The largest absolute Gasteiger partial charge is 0.494 e. The van der Waals surface area contributed by atoms with Gasteiger partial charge in [-0.25, -0.2) is 0 Å². The molecule has 3 nitrogen and oxygen atoms in total. The van der Waals surface area contributed by atoms with E-state index in [0.29, 0.717) is 0 Å². The molecule has 138 valence electrons. The lowest BCUT2D eigenvalue weighted by Crippen LogP contribution is -2.06. The molecule has 0 radical (unpaired) electrons. The monoisotopic (exact) mass is 358 g/mol. The van der Waals surface area contributed by atoms with Crippen LogP contribution < -0.4 is 10.1 Å². The van der Waals surface area contributed by atoms with E-state index in [1.165, 1.54) is 17.3 Å². The Morgan fingerprint density at radius 3 is 2.26 bits per heavy atom. The molecule has 2 N–H and O–H groups in total. The zero-order valence-corrected chi connectivity index (χ0v) is 15.5. The van der Waals surface area contributed by atoms with Gasteiger partial charge in [0, 0.05) is 24.0 Å². The van der Waals surface area contributed by atoms with Gasteiger partial charge in [0.15, 0.2) is 0 Å². The molecular weight excluding hydrogens is 332 g/mol. The lowest BCUT2D eigenvalue weighted by Gasteiger charge is -2.10. The summed E-state index contributed by atoms with van der Waals surface area (Å²) >= 11 is 0. The standard InChI is InChI=1S/C24H26N2O/c25-19-22-10-4-5-11-24(22)26-17-16-21-12-14-23(15-13-21)27-18-6-9-20-7-2-1-3-8-20/h1-5,7-8,10-15,19,25-26H,6,9,16-18H2. The fourth-order valence-electron chi connectivity index (χ4n) is 2.99. The molecule has 0 heterocycles. The Hall–Kier alpha value is -3.07. The first kappa shape index (κ1) is 18.7. The van der Waals surface area contributed by atoms with E-state index in [9.17, 15) is 0 Å². The number of hydrogen-bond acceptors (Lipinski definition) is 3. The van der Waals surface area contributed by atoms with E-state index in [1.807, 2.05) is 42.5 Å². The molecular formula is C24H26N2O. The van der Waals surface area contributed by atoms with Crippen molar-refractivity contribution in [2.75, 3.05) is 18.5 Å². The van der Waals surface area contributed by atoms with Crippen molar-refractivity contribution in [2.24, 2.45) is 0 Å². The van der Waals surface area contributed by atoms with Crippen molar-refractivity contribution >= 4 is 11.9 Å². The fraction of sp³-hybridized carbons (Fsp3) is 0.208. The second-order valence-electron chi connectivity index (χ2n) is 6.49. The number of benzene rings is 3. The van der Waals surface area contributed by atoms with Gasteiger partial charge in [-0.1, -0.05) is 60.7 Å². The number of para-hydroxylation sites is 1. The summed E-state index contributed by atoms with van der Waals surface area (Å²) in [4.78, 5) is 0. The van der Waals surface area contributed by atoms with E-state index < -0.39 is 0 Å². The van der Waals surface area contributed by atoms with Crippen molar-refractivity contribution in [1.29, 1.82) is 5.41 Å². The molecule has 3 heteroatoms. The Bertz CT molecular complexity index is 829. The van der Waals surface area contributed by atoms with Gasteiger partial charge in [0.2, 0.25) is 0 Å². The fourth-order valence-corrected chi connectivity index (χ4v) is 2.99. The van der Waals surface area contributed by atoms with E-state index in [2.05, 4.69) is 41.7 Å². The van der Waals surface area contributed by atoms with Crippen LogP contribution in [0, 0.1) is 5.41 Å². The maximum atomic E-state index is 7.45. The summed E-state index contributed by atoms with van der Waals surface area (Å²) in [6.07, 6.45) is 4.37. The highest BCUT2D eigenvalue weighted by Crippen LogP contribution is 2.15.